The van der Waals surface area contributed by atoms with E-state index < -0.39 is 11.6 Å². The molecule has 0 radical (unpaired) electrons. The maximum absolute atomic E-state index is 12.9. The Morgan fingerprint density at radius 1 is 1.11 bits per heavy atom. The summed E-state index contributed by atoms with van der Waals surface area (Å²) >= 11 is 0. The van der Waals surface area contributed by atoms with Crippen molar-refractivity contribution in [1.82, 2.24) is 4.98 Å². The van der Waals surface area contributed by atoms with Gasteiger partial charge in [0.25, 0.3) is 0 Å². The van der Waals surface area contributed by atoms with Gasteiger partial charge in [0, 0.05) is 18.2 Å². The molecular weight excluding hydrogens is 240 g/mol. The molecule has 0 unspecified atom stereocenters. The normalized spacial score (nSPS) is 10.1. The third-order valence-corrected chi connectivity index (χ3v) is 2.08. The maximum atomic E-state index is 12.9. The standard InChI is InChI=1S/C12H9F2N3O/c13-7-3-8(14)5-10(4-7)18-9-1-2-11(12(15)16)17-6-9/h1-6H,(H3,15,16). The highest BCUT2D eigenvalue weighted by Crippen LogP contribution is 2.22. The van der Waals surface area contributed by atoms with Crippen molar-refractivity contribution in [2.45, 2.75) is 0 Å². The molecule has 0 aliphatic rings. The number of ether oxygens (including phenoxy) is 1. The van der Waals surface area contributed by atoms with Crippen LogP contribution >= 0.6 is 0 Å². The van der Waals surface area contributed by atoms with Gasteiger partial charge in [-0.1, -0.05) is 0 Å². The zero-order valence-electron chi connectivity index (χ0n) is 9.15. The number of pyridine rings is 1. The minimum atomic E-state index is -0.724. The van der Waals surface area contributed by atoms with Gasteiger partial charge in [-0.3, -0.25) is 5.41 Å². The number of aromatic nitrogens is 1. The predicted molar refractivity (Wildman–Crippen MR) is 61.7 cm³/mol. The van der Waals surface area contributed by atoms with E-state index in [1.165, 1.54) is 18.3 Å². The van der Waals surface area contributed by atoms with Crippen molar-refractivity contribution in [2.75, 3.05) is 0 Å². The van der Waals surface area contributed by atoms with Crippen LogP contribution in [0.3, 0.4) is 0 Å². The van der Waals surface area contributed by atoms with Crippen LogP contribution in [0.1, 0.15) is 5.69 Å². The molecule has 0 atom stereocenters. The number of nitrogens with two attached hydrogens (primary N) is 1. The lowest BCUT2D eigenvalue weighted by Crippen LogP contribution is -2.12. The first-order valence-electron chi connectivity index (χ1n) is 4.99. The van der Waals surface area contributed by atoms with Gasteiger partial charge in [-0.05, 0) is 12.1 Å². The number of nitrogens with zero attached hydrogens (tertiary/aromatic N) is 1. The zero-order chi connectivity index (χ0) is 13.1. The lowest BCUT2D eigenvalue weighted by atomic mass is 10.3. The minimum Gasteiger partial charge on any atom is -0.456 e. The smallest absolute Gasteiger partial charge is 0.145 e. The summed E-state index contributed by atoms with van der Waals surface area (Å²) in [6, 6.07) is 5.85. The molecular formula is C12H9F2N3O. The highest BCUT2D eigenvalue weighted by Gasteiger charge is 2.04. The summed E-state index contributed by atoms with van der Waals surface area (Å²) in [5.41, 5.74) is 5.54. The monoisotopic (exact) mass is 249 g/mol. The first kappa shape index (κ1) is 12.0. The molecule has 0 aliphatic carbocycles. The van der Waals surface area contributed by atoms with Crippen molar-refractivity contribution in [3.8, 4) is 11.5 Å². The van der Waals surface area contributed by atoms with E-state index in [1.807, 2.05) is 0 Å². The molecule has 0 bridgehead atoms. The van der Waals surface area contributed by atoms with E-state index in [2.05, 4.69) is 4.98 Å². The molecule has 1 heterocycles. The van der Waals surface area contributed by atoms with E-state index in [4.69, 9.17) is 15.9 Å². The van der Waals surface area contributed by atoms with Gasteiger partial charge in [0.05, 0.1) is 6.20 Å². The predicted octanol–water partition coefficient (Wildman–Crippen LogP) is 2.44. The van der Waals surface area contributed by atoms with Crippen molar-refractivity contribution in [3.05, 3.63) is 53.9 Å². The molecule has 0 spiro atoms. The van der Waals surface area contributed by atoms with E-state index in [9.17, 15) is 8.78 Å². The largest absolute Gasteiger partial charge is 0.456 e. The molecule has 0 fully saturated rings. The quantitative estimate of drug-likeness (QED) is 0.648. The highest BCUT2D eigenvalue weighted by atomic mass is 19.1. The van der Waals surface area contributed by atoms with E-state index in [0.29, 0.717) is 11.4 Å². The summed E-state index contributed by atoms with van der Waals surface area (Å²) in [4.78, 5) is 3.86. The number of hydrogen-bond donors (Lipinski definition) is 2. The van der Waals surface area contributed by atoms with Crippen LogP contribution in [0.15, 0.2) is 36.5 Å². The second kappa shape index (κ2) is 4.79. The van der Waals surface area contributed by atoms with Crippen LogP contribution in [0.2, 0.25) is 0 Å². The number of amidine groups is 1. The SMILES string of the molecule is N=C(N)c1ccc(Oc2cc(F)cc(F)c2)cn1. The van der Waals surface area contributed by atoms with Crippen LogP contribution in [0.25, 0.3) is 0 Å². The van der Waals surface area contributed by atoms with Crippen LogP contribution < -0.4 is 10.5 Å². The topological polar surface area (TPSA) is 72.0 Å². The third kappa shape index (κ3) is 2.79. The van der Waals surface area contributed by atoms with Gasteiger partial charge in [-0.25, -0.2) is 13.8 Å². The molecule has 0 aliphatic heterocycles. The van der Waals surface area contributed by atoms with Crippen LogP contribution in [-0.2, 0) is 0 Å². The van der Waals surface area contributed by atoms with Gasteiger partial charge in [0.15, 0.2) is 0 Å². The lowest BCUT2D eigenvalue weighted by molar-refractivity contribution is 0.466. The summed E-state index contributed by atoms with van der Waals surface area (Å²) in [7, 11) is 0. The van der Waals surface area contributed by atoms with Gasteiger partial charge in [0.2, 0.25) is 0 Å². The molecule has 1 aromatic carbocycles. The summed E-state index contributed by atoms with van der Waals surface area (Å²) in [6.07, 6.45) is 1.32. The number of rotatable bonds is 3. The lowest BCUT2D eigenvalue weighted by Gasteiger charge is -2.06. The van der Waals surface area contributed by atoms with Crippen LogP contribution in [0.5, 0.6) is 11.5 Å². The van der Waals surface area contributed by atoms with Crippen LogP contribution in [0.4, 0.5) is 8.78 Å². The minimum absolute atomic E-state index is 0.0323. The van der Waals surface area contributed by atoms with Crippen LogP contribution in [0, 0.1) is 17.0 Å². The Morgan fingerprint density at radius 3 is 2.28 bits per heavy atom. The van der Waals surface area contributed by atoms with Crippen molar-refractivity contribution in [2.24, 2.45) is 5.73 Å². The molecule has 0 saturated heterocycles. The van der Waals surface area contributed by atoms with Gasteiger partial charge >= 0.3 is 0 Å². The molecule has 2 rings (SSSR count). The summed E-state index contributed by atoms with van der Waals surface area (Å²) in [5, 5.41) is 7.16. The second-order valence-electron chi connectivity index (χ2n) is 3.50. The zero-order valence-corrected chi connectivity index (χ0v) is 9.15. The Bertz CT molecular complexity index is 564. The van der Waals surface area contributed by atoms with Gasteiger partial charge in [-0.2, -0.15) is 0 Å². The number of nitrogens with one attached hydrogen (secondary N) is 1. The molecule has 18 heavy (non-hydrogen) atoms. The van der Waals surface area contributed by atoms with Crippen molar-refractivity contribution in [3.63, 3.8) is 0 Å². The molecule has 6 heteroatoms. The maximum Gasteiger partial charge on any atom is 0.145 e. The average Bonchev–Trinajstić information content (AvgIpc) is 2.28. The van der Waals surface area contributed by atoms with Gasteiger partial charge in [-0.15, -0.1) is 0 Å². The third-order valence-electron chi connectivity index (χ3n) is 2.08. The first-order chi connectivity index (χ1) is 8.54. The van der Waals surface area contributed by atoms with Crippen molar-refractivity contribution in [1.29, 1.82) is 5.41 Å². The molecule has 0 saturated carbocycles. The Morgan fingerprint density at radius 2 is 1.78 bits per heavy atom. The average molecular weight is 249 g/mol. The summed E-state index contributed by atoms with van der Waals surface area (Å²) in [6.45, 7) is 0. The Hall–Kier alpha value is -2.50. The van der Waals surface area contributed by atoms with E-state index in [-0.39, 0.29) is 11.6 Å². The molecule has 1 aromatic heterocycles. The fourth-order valence-electron chi connectivity index (χ4n) is 1.32. The Labute approximate surface area is 102 Å². The Balaban J connectivity index is 2.20. The van der Waals surface area contributed by atoms with Gasteiger partial charge in [0.1, 0.15) is 34.7 Å². The van der Waals surface area contributed by atoms with E-state index in [0.717, 1.165) is 18.2 Å². The highest BCUT2D eigenvalue weighted by molar-refractivity contribution is 5.92. The van der Waals surface area contributed by atoms with Gasteiger partial charge < -0.3 is 10.5 Å². The number of nitrogen functional groups attached to an aromatic ring is 1. The Kier molecular flexibility index (Phi) is 3.18. The molecule has 3 N–H and O–H groups in total. The number of benzene rings is 1. The molecule has 2 aromatic rings. The van der Waals surface area contributed by atoms with E-state index >= 15 is 0 Å². The molecule has 4 nitrogen and oxygen atoms in total. The van der Waals surface area contributed by atoms with E-state index in [1.54, 1.807) is 0 Å². The number of hydrogen-bond acceptors (Lipinski definition) is 3. The van der Waals surface area contributed by atoms with Crippen molar-refractivity contribution < 1.29 is 13.5 Å². The van der Waals surface area contributed by atoms with Crippen LogP contribution in [-0.4, -0.2) is 10.8 Å². The van der Waals surface area contributed by atoms with Crippen molar-refractivity contribution >= 4 is 5.84 Å². The fraction of sp³-hybridized carbons (Fsp3) is 0. The second-order valence-corrected chi connectivity index (χ2v) is 3.50. The summed E-state index contributed by atoms with van der Waals surface area (Å²) < 4.78 is 31.1. The molecule has 92 valence electrons. The number of halogens is 2. The summed E-state index contributed by atoms with van der Waals surface area (Å²) in [5.74, 6) is -1.29. The first-order valence-corrected chi connectivity index (χ1v) is 4.99. The molecule has 0 amide bonds. The fourth-order valence-corrected chi connectivity index (χ4v) is 1.32.